The Balaban J connectivity index is 2.11. The summed E-state index contributed by atoms with van der Waals surface area (Å²) < 4.78 is 0. The van der Waals surface area contributed by atoms with Gasteiger partial charge in [0.15, 0.2) is 0 Å². The minimum Gasteiger partial charge on any atom is -0.384 e. The molecule has 1 N–H and O–H groups in total. The molecule has 1 heterocycles. The first-order chi connectivity index (χ1) is 8.95. The van der Waals surface area contributed by atoms with Gasteiger partial charge in [0.1, 0.15) is 0 Å². The van der Waals surface area contributed by atoms with Crippen LogP contribution >= 0.6 is 0 Å². The van der Waals surface area contributed by atoms with Crippen LogP contribution in [0.15, 0.2) is 24.3 Å². The molecule has 0 saturated carbocycles. The molecule has 0 spiro atoms. The Morgan fingerprint density at radius 2 is 2.11 bits per heavy atom. The topological polar surface area (TPSA) is 32.3 Å². The first kappa shape index (κ1) is 13.9. The van der Waals surface area contributed by atoms with Crippen molar-refractivity contribution >= 4 is 11.6 Å². The normalized spacial score (nSPS) is 18.4. The van der Waals surface area contributed by atoms with Crippen molar-refractivity contribution in [1.82, 2.24) is 4.90 Å². The number of fused-ring (bicyclic) bond motifs is 1. The number of hydrogen-bond donors (Lipinski definition) is 1. The van der Waals surface area contributed by atoms with Crippen molar-refractivity contribution in [3.63, 3.8) is 0 Å². The molecule has 1 atom stereocenters. The number of rotatable bonds is 3. The molecule has 0 saturated heterocycles. The van der Waals surface area contributed by atoms with Gasteiger partial charge in [0, 0.05) is 24.8 Å². The Morgan fingerprint density at radius 3 is 2.79 bits per heavy atom. The highest BCUT2D eigenvalue weighted by molar-refractivity contribution is 5.81. The van der Waals surface area contributed by atoms with E-state index in [-0.39, 0.29) is 17.4 Å². The van der Waals surface area contributed by atoms with Gasteiger partial charge in [-0.05, 0) is 38.3 Å². The van der Waals surface area contributed by atoms with Crippen molar-refractivity contribution in [3.05, 3.63) is 29.8 Å². The first-order valence-corrected chi connectivity index (χ1v) is 7.05. The zero-order valence-electron chi connectivity index (χ0n) is 12.4. The van der Waals surface area contributed by atoms with E-state index in [1.807, 2.05) is 24.1 Å². The lowest BCUT2D eigenvalue weighted by molar-refractivity contribution is -0.138. The fourth-order valence-electron chi connectivity index (χ4n) is 2.43. The Labute approximate surface area is 116 Å². The van der Waals surface area contributed by atoms with Crippen LogP contribution in [-0.4, -0.2) is 29.9 Å². The van der Waals surface area contributed by atoms with Gasteiger partial charge in [0.25, 0.3) is 0 Å². The summed E-state index contributed by atoms with van der Waals surface area (Å²) in [7, 11) is 1.92. The third kappa shape index (κ3) is 2.75. The molecule has 1 aromatic carbocycles. The molecule has 0 fully saturated rings. The molecule has 0 radical (unpaired) electrons. The molecule has 104 valence electrons. The van der Waals surface area contributed by atoms with Crippen molar-refractivity contribution in [2.75, 3.05) is 18.9 Å². The van der Waals surface area contributed by atoms with Crippen LogP contribution in [0.1, 0.15) is 32.8 Å². The van der Waals surface area contributed by atoms with E-state index in [0.29, 0.717) is 0 Å². The highest BCUT2D eigenvalue weighted by atomic mass is 16.2. The summed E-state index contributed by atoms with van der Waals surface area (Å²) in [5.41, 5.74) is 2.34. The van der Waals surface area contributed by atoms with Crippen molar-refractivity contribution < 1.29 is 4.79 Å². The fourth-order valence-corrected chi connectivity index (χ4v) is 2.43. The van der Waals surface area contributed by atoms with Gasteiger partial charge in [-0.15, -0.1) is 0 Å². The van der Waals surface area contributed by atoms with E-state index in [1.54, 1.807) is 0 Å². The van der Waals surface area contributed by atoms with E-state index >= 15 is 0 Å². The molecule has 0 bridgehead atoms. The summed E-state index contributed by atoms with van der Waals surface area (Å²) in [6.07, 6.45) is 1.80. The standard InChI is InChI=1S/C16H24N2O/c1-5-16(2,3)18(4)15(19)13-10-12-8-6-7-9-14(12)17-11-13/h6-9,13,17H,5,10-11H2,1-4H3. The van der Waals surface area contributed by atoms with Crippen LogP contribution in [0.5, 0.6) is 0 Å². The lowest BCUT2D eigenvalue weighted by atomic mass is 9.90. The monoisotopic (exact) mass is 260 g/mol. The van der Waals surface area contributed by atoms with Crippen LogP contribution in [0.25, 0.3) is 0 Å². The van der Waals surface area contributed by atoms with Crippen LogP contribution in [0, 0.1) is 5.92 Å². The van der Waals surface area contributed by atoms with E-state index in [1.165, 1.54) is 11.3 Å². The lowest BCUT2D eigenvalue weighted by Gasteiger charge is -2.38. The van der Waals surface area contributed by atoms with Crippen molar-refractivity contribution in [2.45, 2.75) is 39.2 Å². The highest BCUT2D eigenvalue weighted by Gasteiger charge is 2.32. The van der Waals surface area contributed by atoms with E-state index in [2.05, 4.69) is 38.2 Å². The third-order valence-electron chi connectivity index (χ3n) is 4.48. The molecule has 1 aliphatic heterocycles. The predicted molar refractivity (Wildman–Crippen MR) is 79.3 cm³/mol. The molecule has 2 rings (SSSR count). The average molecular weight is 260 g/mol. The highest BCUT2D eigenvalue weighted by Crippen LogP contribution is 2.27. The Kier molecular flexibility index (Phi) is 3.83. The molecule has 1 aromatic rings. The predicted octanol–water partition coefficient (Wildman–Crippen LogP) is 2.92. The molecule has 3 nitrogen and oxygen atoms in total. The van der Waals surface area contributed by atoms with Gasteiger partial charge in [-0.2, -0.15) is 0 Å². The molecule has 1 amide bonds. The van der Waals surface area contributed by atoms with E-state index in [4.69, 9.17) is 0 Å². The van der Waals surface area contributed by atoms with Gasteiger partial charge in [-0.3, -0.25) is 4.79 Å². The minimum atomic E-state index is -0.0753. The second-order valence-electron chi connectivity index (χ2n) is 6.00. The molecule has 0 aromatic heterocycles. The van der Waals surface area contributed by atoms with Crippen molar-refractivity contribution in [2.24, 2.45) is 5.92 Å². The van der Waals surface area contributed by atoms with Gasteiger partial charge in [-0.25, -0.2) is 0 Å². The molecule has 0 aliphatic carbocycles. The van der Waals surface area contributed by atoms with Crippen molar-refractivity contribution in [3.8, 4) is 0 Å². The van der Waals surface area contributed by atoms with Gasteiger partial charge < -0.3 is 10.2 Å². The average Bonchev–Trinajstić information content (AvgIpc) is 2.45. The maximum Gasteiger partial charge on any atom is 0.227 e. The summed E-state index contributed by atoms with van der Waals surface area (Å²) in [5.74, 6) is 0.291. The maximum absolute atomic E-state index is 12.6. The second-order valence-corrected chi connectivity index (χ2v) is 6.00. The Bertz CT molecular complexity index is 468. The van der Waals surface area contributed by atoms with Crippen molar-refractivity contribution in [1.29, 1.82) is 0 Å². The van der Waals surface area contributed by atoms with Crippen LogP contribution in [0.4, 0.5) is 5.69 Å². The second kappa shape index (κ2) is 5.24. The van der Waals surface area contributed by atoms with Crippen LogP contribution < -0.4 is 5.32 Å². The van der Waals surface area contributed by atoms with E-state index in [0.717, 1.165) is 19.4 Å². The number of carbonyl (C=O) groups is 1. The summed E-state index contributed by atoms with van der Waals surface area (Å²) >= 11 is 0. The number of para-hydroxylation sites is 1. The number of amides is 1. The van der Waals surface area contributed by atoms with Crippen LogP contribution in [0.3, 0.4) is 0 Å². The Morgan fingerprint density at radius 1 is 1.42 bits per heavy atom. The molecule has 1 unspecified atom stereocenters. The first-order valence-electron chi connectivity index (χ1n) is 7.05. The summed E-state index contributed by atoms with van der Waals surface area (Å²) in [4.78, 5) is 14.5. The molecular weight excluding hydrogens is 236 g/mol. The number of nitrogens with zero attached hydrogens (tertiary/aromatic N) is 1. The van der Waals surface area contributed by atoms with Gasteiger partial charge in [0.2, 0.25) is 5.91 Å². The molecule has 1 aliphatic rings. The number of carbonyl (C=O) groups excluding carboxylic acids is 1. The largest absolute Gasteiger partial charge is 0.384 e. The van der Waals surface area contributed by atoms with Gasteiger partial charge >= 0.3 is 0 Å². The number of benzene rings is 1. The van der Waals surface area contributed by atoms with Gasteiger partial charge in [-0.1, -0.05) is 25.1 Å². The summed E-state index contributed by atoms with van der Waals surface area (Å²) in [5, 5.41) is 3.37. The molecule has 3 heteroatoms. The molecular formula is C16H24N2O. The molecule has 19 heavy (non-hydrogen) atoms. The SMILES string of the molecule is CCC(C)(C)N(C)C(=O)C1CNc2ccccc2C1. The zero-order valence-corrected chi connectivity index (χ0v) is 12.4. The number of anilines is 1. The van der Waals surface area contributed by atoms with Gasteiger partial charge in [0.05, 0.1) is 5.92 Å². The van der Waals surface area contributed by atoms with E-state index in [9.17, 15) is 4.79 Å². The maximum atomic E-state index is 12.6. The lowest BCUT2D eigenvalue weighted by Crippen LogP contribution is -2.49. The Hall–Kier alpha value is -1.51. The number of hydrogen-bond acceptors (Lipinski definition) is 2. The fraction of sp³-hybridized carbons (Fsp3) is 0.562. The smallest absolute Gasteiger partial charge is 0.227 e. The quantitative estimate of drug-likeness (QED) is 0.906. The van der Waals surface area contributed by atoms with Crippen LogP contribution in [-0.2, 0) is 11.2 Å². The third-order valence-corrected chi connectivity index (χ3v) is 4.48. The minimum absolute atomic E-state index is 0.0470. The van der Waals surface area contributed by atoms with Crippen LogP contribution in [0.2, 0.25) is 0 Å². The van der Waals surface area contributed by atoms with E-state index < -0.39 is 0 Å². The summed E-state index contributed by atoms with van der Waals surface area (Å²) in [6, 6.07) is 8.25. The zero-order chi connectivity index (χ0) is 14.0. The number of nitrogens with one attached hydrogen (secondary N) is 1. The summed E-state index contributed by atoms with van der Waals surface area (Å²) in [6.45, 7) is 7.10.